The van der Waals surface area contributed by atoms with Crippen LogP contribution in [0.2, 0.25) is 0 Å². The van der Waals surface area contributed by atoms with Gasteiger partial charge in [-0.1, -0.05) is 42.5 Å². The summed E-state index contributed by atoms with van der Waals surface area (Å²) in [6, 6.07) is 12.6. The van der Waals surface area contributed by atoms with E-state index in [-0.39, 0.29) is 25.4 Å². The number of carbonyl (C=O) groups is 2. The number of nitrogens with one attached hydrogen (secondary N) is 1. The highest BCUT2D eigenvalue weighted by Gasteiger charge is 2.21. The predicted octanol–water partition coefficient (Wildman–Crippen LogP) is 1.99. The van der Waals surface area contributed by atoms with Crippen LogP contribution in [0.25, 0.3) is 10.8 Å². The molecule has 0 spiro atoms. The average molecular weight is 301 g/mol. The van der Waals surface area contributed by atoms with Gasteiger partial charge in [0, 0.05) is 20.0 Å². The second kappa shape index (κ2) is 7.56. The molecule has 1 atom stereocenters. The van der Waals surface area contributed by atoms with Crippen molar-refractivity contribution in [3.8, 4) is 0 Å². The fraction of sp³-hybridized carbons (Fsp3) is 0.294. The summed E-state index contributed by atoms with van der Waals surface area (Å²) in [5.41, 5.74) is 0.901. The van der Waals surface area contributed by atoms with E-state index in [0.717, 1.165) is 16.3 Å². The summed E-state index contributed by atoms with van der Waals surface area (Å²) in [7, 11) is 1.50. The summed E-state index contributed by atoms with van der Waals surface area (Å²) in [6.45, 7) is 0.270. The third-order valence-corrected chi connectivity index (χ3v) is 3.47. The molecular weight excluding hydrogens is 282 g/mol. The van der Waals surface area contributed by atoms with E-state index in [1.807, 2.05) is 42.5 Å². The second-order valence-electron chi connectivity index (χ2n) is 5.04. The molecule has 0 aliphatic rings. The molecule has 0 radical (unpaired) electrons. The lowest BCUT2D eigenvalue weighted by molar-refractivity contribution is -0.141. The Bertz CT molecular complexity index is 663. The van der Waals surface area contributed by atoms with Crippen molar-refractivity contribution in [2.24, 2.45) is 0 Å². The van der Waals surface area contributed by atoms with Gasteiger partial charge in [-0.15, -0.1) is 0 Å². The van der Waals surface area contributed by atoms with Gasteiger partial charge in [0.15, 0.2) is 0 Å². The lowest BCUT2D eigenvalue weighted by Gasteiger charge is -2.16. The molecular formula is C17H19NO4. The van der Waals surface area contributed by atoms with Gasteiger partial charge in [0.2, 0.25) is 5.91 Å². The van der Waals surface area contributed by atoms with Crippen molar-refractivity contribution in [1.82, 2.24) is 5.32 Å². The molecule has 0 fully saturated rings. The molecule has 0 aromatic heterocycles. The van der Waals surface area contributed by atoms with Gasteiger partial charge in [-0.2, -0.15) is 0 Å². The van der Waals surface area contributed by atoms with Crippen LogP contribution in [0.15, 0.2) is 42.5 Å². The number of carboxylic acid groups (broad SMARTS) is 1. The number of hydrogen-bond acceptors (Lipinski definition) is 3. The number of carboxylic acids is 1. The third kappa shape index (κ3) is 4.05. The minimum absolute atomic E-state index is 0.149. The smallest absolute Gasteiger partial charge is 0.326 e. The van der Waals surface area contributed by atoms with Gasteiger partial charge in [0.1, 0.15) is 6.04 Å². The van der Waals surface area contributed by atoms with Crippen LogP contribution in [0.5, 0.6) is 0 Å². The number of amides is 1. The van der Waals surface area contributed by atoms with Gasteiger partial charge in [-0.3, -0.25) is 4.79 Å². The molecule has 0 heterocycles. The Labute approximate surface area is 128 Å². The van der Waals surface area contributed by atoms with E-state index in [2.05, 4.69) is 5.32 Å². The Morgan fingerprint density at radius 2 is 1.91 bits per heavy atom. The zero-order valence-corrected chi connectivity index (χ0v) is 12.4. The molecule has 5 heteroatoms. The van der Waals surface area contributed by atoms with Crippen LogP contribution in [-0.4, -0.2) is 36.7 Å². The van der Waals surface area contributed by atoms with Gasteiger partial charge < -0.3 is 15.2 Å². The number of aliphatic carboxylic acids is 1. The van der Waals surface area contributed by atoms with Crippen molar-refractivity contribution in [3.05, 3.63) is 48.0 Å². The first-order valence-corrected chi connectivity index (χ1v) is 7.09. The molecule has 2 aromatic rings. The molecule has 2 rings (SSSR count). The van der Waals surface area contributed by atoms with E-state index in [1.165, 1.54) is 7.11 Å². The SMILES string of the molecule is COCCC(=O)N[C@H](Cc1cccc2ccccc12)C(=O)O. The molecule has 116 valence electrons. The molecule has 0 bridgehead atoms. The first-order valence-electron chi connectivity index (χ1n) is 7.09. The Morgan fingerprint density at radius 1 is 1.18 bits per heavy atom. The van der Waals surface area contributed by atoms with E-state index in [1.54, 1.807) is 0 Å². The maximum atomic E-state index is 11.7. The van der Waals surface area contributed by atoms with E-state index < -0.39 is 12.0 Å². The van der Waals surface area contributed by atoms with Crippen LogP contribution in [-0.2, 0) is 20.7 Å². The van der Waals surface area contributed by atoms with Crippen molar-refractivity contribution >= 4 is 22.6 Å². The van der Waals surface area contributed by atoms with Crippen LogP contribution < -0.4 is 5.32 Å². The number of benzene rings is 2. The van der Waals surface area contributed by atoms with Gasteiger partial charge in [-0.25, -0.2) is 4.79 Å². The van der Waals surface area contributed by atoms with Crippen molar-refractivity contribution in [3.63, 3.8) is 0 Å². The maximum Gasteiger partial charge on any atom is 0.326 e. The van der Waals surface area contributed by atoms with E-state index in [0.29, 0.717) is 0 Å². The van der Waals surface area contributed by atoms with Crippen molar-refractivity contribution in [2.75, 3.05) is 13.7 Å². The van der Waals surface area contributed by atoms with Gasteiger partial charge in [0.05, 0.1) is 6.61 Å². The molecule has 0 saturated carbocycles. The Morgan fingerprint density at radius 3 is 2.64 bits per heavy atom. The third-order valence-electron chi connectivity index (χ3n) is 3.47. The van der Waals surface area contributed by atoms with E-state index in [9.17, 15) is 14.7 Å². The lowest BCUT2D eigenvalue weighted by Crippen LogP contribution is -2.42. The molecule has 22 heavy (non-hydrogen) atoms. The van der Waals surface area contributed by atoms with E-state index in [4.69, 9.17) is 4.74 Å². The quantitative estimate of drug-likeness (QED) is 0.820. The summed E-state index contributed by atoms with van der Waals surface area (Å²) < 4.78 is 4.82. The normalized spacial score (nSPS) is 12.0. The van der Waals surface area contributed by atoms with Gasteiger partial charge >= 0.3 is 5.97 Å². The van der Waals surface area contributed by atoms with Crippen LogP contribution in [0, 0.1) is 0 Å². The number of hydrogen-bond donors (Lipinski definition) is 2. The summed E-state index contributed by atoms with van der Waals surface area (Å²) >= 11 is 0. The molecule has 2 N–H and O–H groups in total. The minimum atomic E-state index is -1.04. The van der Waals surface area contributed by atoms with Crippen LogP contribution >= 0.6 is 0 Å². The highest BCUT2D eigenvalue weighted by atomic mass is 16.5. The van der Waals surface area contributed by atoms with Crippen molar-refractivity contribution in [1.29, 1.82) is 0 Å². The summed E-state index contributed by atoms with van der Waals surface area (Å²) in [5.74, 6) is -1.37. The second-order valence-corrected chi connectivity index (χ2v) is 5.04. The summed E-state index contributed by atoms with van der Waals surface area (Å²) in [5, 5.41) is 13.9. The Kier molecular flexibility index (Phi) is 5.49. The molecule has 1 amide bonds. The molecule has 0 unspecified atom stereocenters. The first-order chi connectivity index (χ1) is 10.6. The summed E-state index contributed by atoms with van der Waals surface area (Å²) in [4.78, 5) is 23.1. The van der Waals surface area contributed by atoms with Gasteiger partial charge in [-0.05, 0) is 16.3 Å². The monoisotopic (exact) mass is 301 g/mol. The predicted molar refractivity (Wildman–Crippen MR) is 83.7 cm³/mol. The Balaban J connectivity index is 2.16. The number of rotatable bonds is 7. The van der Waals surface area contributed by atoms with Crippen LogP contribution in [0.4, 0.5) is 0 Å². The first kappa shape index (κ1) is 16.0. The molecule has 0 saturated heterocycles. The maximum absolute atomic E-state index is 11.7. The highest BCUT2D eigenvalue weighted by molar-refractivity contribution is 5.88. The Hall–Kier alpha value is -2.40. The molecule has 0 aliphatic heterocycles. The highest BCUT2D eigenvalue weighted by Crippen LogP contribution is 2.19. The zero-order chi connectivity index (χ0) is 15.9. The molecule has 0 aliphatic carbocycles. The lowest BCUT2D eigenvalue weighted by atomic mass is 9.98. The van der Waals surface area contributed by atoms with Gasteiger partial charge in [0.25, 0.3) is 0 Å². The molecule has 2 aromatic carbocycles. The fourth-order valence-corrected chi connectivity index (χ4v) is 2.35. The largest absolute Gasteiger partial charge is 0.480 e. The topological polar surface area (TPSA) is 75.6 Å². The number of fused-ring (bicyclic) bond motifs is 1. The van der Waals surface area contributed by atoms with Crippen molar-refractivity contribution in [2.45, 2.75) is 18.9 Å². The minimum Gasteiger partial charge on any atom is -0.480 e. The standard InChI is InChI=1S/C17H19NO4/c1-22-10-9-16(19)18-15(17(20)21)11-13-7-4-6-12-5-2-3-8-14(12)13/h2-8,15H,9-11H2,1H3,(H,18,19)(H,20,21)/t15-/m1/s1. The van der Waals surface area contributed by atoms with Crippen LogP contribution in [0.3, 0.4) is 0 Å². The van der Waals surface area contributed by atoms with E-state index >= 15 is 0 Å². The summed E-state index contributed by atoms with van der Waals surface area (Å²) in [6.07, 6.45) is 0.394. The van der Waals surface area contributed by atoms with Crippen molar-refractivity contribution < 1.29 is 19.4 Å². The fourth-order valence-electron chi connectivity index (χ4n) is 2.35. The zero-order valence-electron chi connectivity index (χ0n) is 12.4. The number of methoxy groups -OCH3 is 1. The molecule has 5 nitrogen and oxygen atoms in total. The average Bonchev–Trinajstić information content (AvgIpc) is 2.52. The number of ether oxygens (including phenoxy) is 1. The van der Waals surface area contributed by atoms with Crippen LogP contribution in [0.1, 0.15) is 12.0 Å². The number of carbonyl (C=O) groups excluding carboxylic acids is 1.